The number of imidazole rings is 1. The van der Waals surface area contributed by atoms with Crippen molar-refractivity contribution in [1.29, 1.82) is 0 Å². The van der Waals surface area contributed by atoms with Crippen molar-refractivity contribution in [3.63, 3.8) is 0 Å². The minimum absolute atomic E-state index is 0. The number of para-hydroxylation sites is 4. The van der Waals surface area contributed by atoms with Crippen LogP contribution in [0.15, 0.2) is 260 Å². The second-order valence-electron chi connectivity index (χ2n) is 18.6. The van der Waals surface area contributed by atoms with Crippen LogP contribution in [0.1, 0.15) is 59.2 Å². The van der Waals surface area contributed by atoms with Gasteiger partial charge in [0.25, 0.3) is 6.33 Å². The molecular weight excluding hydrogens is 1140 g/mol. The minimum atomic E-state index is -6.36. The van der Waals surface area contributed by atoms with Crippen LogP contribution in [-0.2, 0) is 26.5 Å². The van der Waals surface area contributed by atoms with Crippen molar-refractivity contribution in [3.05, 3.63) is 284 Å². The molecule has 0 aliphatic heterocycles. The SMILES string of the molecule is [2H]c1c([2H])c([2H])c(-c2cccc(-c3c([2H])c([2H])c([2H])c([Si](c4c([2H])c([2H])c([2H])c([2H])c4[2H])(c4c([2H])c([2H])c([2H])c([2H])c4[2H])c4c([2H])c([2H])c([2H])c([2H])c4[2H])c3[2H])c2-[n+]2[c-]n(-c3[c-]c(Oc4[c-]c5c(cc4)c4ccccc4n5-c4cc(C(C)(C)C)ccn4)ccc3)c3ccccc32)c([2H])c1[2H].[Pt]. The summed E-state index contributed by atoms with van der Waals surface area (Å²) in [6.07, 6.45) is 5.10. The third kappa shape index (κ3) is 8.84. The third-order valence-corrected chi connectivity index (χ3v) is 17.1. The molecule has 0 saturated carbocycles. The summed E-state index contributed by atoms with van der Waals surface area (Å²) in [5.41, 5.74) is 1.36. The first kappa shape index (κ1) is 29.0. The average Bonchev–Trinajstić information content (AvgIpc) is 1.45. The molecule has 0 radical (unpaired) electrons. The number of hydrogen-bond donors (Lipinski definition) is 0. The first-order valence-electron chi connectivity index (χ1n) is 35.9. The summed E-state index contributed by atoms with van der Waals surface area (Å²) >= 11 is 0. The number of ether oxygens (including phenoxy) is 1. The number of benzene rings is 10. The number of aromatic nitrogens is 4. The van der Waals surface area contributed by atoms with Gasteiger partial charge in [0.15, 0.2) is 8.07 Å². The molecule has 3 heterocycles. The zero-order valence-corrected chi connectivity index (χ0v) is 44.3. The molecule has 0 unspecified atom stereocenters. The topological polar surface area (TPSA) is 35.9 Å². The smallest absolute Gasteiger partial charge is 0.268 e. The Labute approximate surface area is 499 Å². The van der Waals surface area contributed by atoms with Crippen molar-refractivity contribution in [3.8, 4) is 50.9 Å². The van der Waals surface area contributed by atoms with Crippen LogP contribution < -0.4 is 30.1 Å². The molecule has 0 aliphatic rings. The molecule has 0 bridgehead atoms. The summed E-state index contributed by atoms with van der Waals surface area (Å²) in [7, 11) is -6.36. The van der Waals surface area contributed by atoms with Gasteiger partial charge in [-0.25, -0.2) is 4.98 Å². The predicted octanol–water partition coefficient (Wildman–Crippen LogP) is 13.6. The van der Waals surface area contributed by atoms with E-state index in [1.165, 1.54) is 22.8 Å². The van der Waals surface area contributed by atoms with Crippen LogP contribution >= 0.6 is 0 Å². The van der Waals surface area contributed by atoms with Crippen LogP contribution in [0.2, 0.25) is 0 Å². The average molecular weight is 1210 g/mol. The summed E-state index contributed by atoms with van der Waals surface area (Å²) in [6, 6.07) is 12.9. The molecule has 0 saturated heterocycles. The van der Waals surface area contributed by atoms with Gasteiger partial charge in [-0.15, -0.1) is 29.7 Å². The van der Waals surface area contributed by atoms with Gasteiger partial charge in [-0.3, -0.25) is 4.57 Å². The molecule has 3 aromatic heterocycles. The van der Waals surface area contributed by atoms with E-state index in [2.05, 4.69) is 39.2 Å². The van der Waals surface area contributed by atoms with E-state index in [-0.39, 0.29) is 60.2 Å². The van der Waals surface area contributed by atoms with Crippen LogP contribution in [0.4, 0.5) is 0 Å². The fourth-order valence-corrected chi connectivity index (χ4v) is 13.2. The number of rotatable bonds is 11. The second-order valence-corrected chi connectivity index (χ2v) is 22.1. The molecule has 0 spiro atoms. The molecule has 0 N–H and O–H groups in total. The van der Waals surface area contributed by atoms with Gasteiger partial charge in [-0.2, -0.15) is 18.2 Å². The van der Waals surface area contributed by atoms with Crippen LogP contribution in [0.25, 0.3) is 72.3 Å². The van der Waals surface area contributed by atoms with E-state index >= 15 is 0 Å². The van der Waals surface area contributed by atoms with Crippen LogP contribution in [0, 0.1) is 18.5 Å². The van der Waals surface area contributed by atoms with Crippen molar-refractivity contribution in [2.75, 3.05) is 0 Å². The Morgan fingerprint density at radius 3 is 1.82 bits per heavy atom. The first-order chi connectivity index (χ1) is 47.3. The summed E-state index contributed by atoms with van der Waals surface area (Å²) in [4.78, 5) is 4.80. The predicted molar refractivity (Wildman–Crippen MR) is 313 cm³/mol. The zero-order valence-electron chi connectivity index (χ0n) is 65.0. The number of fused-ring (bicyclic) bond motifs is 4. The molecule has 374 valence electrons. The Kier molecular flexibility index (Phi) is 7.71. The van der Waals surface area contributed by atoms with Gasteiger partial charge in [0.1, 0.15) is 5.82 Å². The van der Waals surface area contributed by atoms with Crippen LogP contribution in [0.3, 0.4) is 0 Å². The molecule has 5 nitrogen and oxygen atoms in total. The summed E-state index contributed by atoms with van der Waals surface area (Å²) < 4.78 is 236. The monoisotopic (exact) mass is 1210 g/mol. The van der Waals surface area contributed by atoms with Gasteiger partial charge < -0.3 is 13.9 Å². The van der Waals surface area contributed by atoms with Gasteiger partial charge in [-0.05, 0) is 83.3 Å². The molecule has 13 rings (SSSR count). The van der Waals surface area contributed by atoms with Crippen molar-refractivity contribution in [2.24, 2.45) is 0 Å². The Balaban J connectivity index is 0.00000965. The maximum absolute atomic E-state index is 10.8. The van der Waals surface area contributed by atoms with Crippen molar-refractivity contribution < 1.29 is 63.3 Å². The molecule has 0 amide bonds. The Hall–Kier alpha value is -8.67. The van der Waals surface area contributed by atoms with E-state index < -0.39 is 185 Å². The summed E-state index contributed by atoms with van der Waals surface area (Å²) in [5, 5.41) is -2.36. The number of pyridine rings is 1. The third-order valence-electron chi connectivity index (χ3n) is 13.1. The van der Waals surface area contributed by atoms with Crippen molar-refractivity contribution in [2.45, 2.75) is 26.2 Å². The zero-order chi connectivity index (χ0) is 72.1. The van der Waals surface area contributed by atoms with E-state index in [1.54, 1.807) is 59.3 Å². The van der Waals surface area contributed by atoms with Crippen LogP contribution in [0.5, 0.6) is 11.5 Å². The Morgan fingerprint density at radius 2 is 1.13 bits per heavy atom. The first-order valence-corrected chi connectivity index (χ1v) is 25.9. The Morgan fingerprint density at radius 1 is 0.545 bits per heavy atom. The van der Waals surface area contributed by atoms with E-state index in [1.807, 2.05) is 47.0 Å². The molecule has 0 aliphatic carbocycles. The van der Waals surface area contributed by atoms with Gasteiger partial charge in [0.05, 0.1) is 49.6 Å². The number of hydrogen-bond acceptors (Lipinski definition) is 2. The molecular formula is C70H52N4OPtSi-2. The number of nitrogens with zero attached hydrogens (tertiary/aromatic N) is 4. The maximum atomic E-state index is 10.8. The van der Waals surface area contributed by atoms with E-state index in [9.17, 15) is 16.4 Å². The van der Waals surface area contributed by atoms with Gasteiger partial charge in [0, 0.05) is 44.3 Å². The fraction of sp³-hybridized carbons (Fsp3) is 0.0571. The largest absolute Gasteiger partial charge is 0.510 e. The van der Waals surface area contributed by atoms with Crippen molar-refractivity contribution >= 4 is 61.7 Å². The van der Waals surface area contributed by atoms with E-state index in [0.29, 0.717) is 22.6 Å². The molecule has 0 fully saturated rings. The molecule has 7 heteroatoms. The van der Waals surface area contributed by atoms with Crippen molar-refractivity contribution in [1.82, 2.24) is 14.1 Å². The molecule has 0 atom stereocenters. The quantitative estimate of drug-likeness (QED) is 0.0560. The molecule has 10 aromatic carbocycles. The van der Waals surface area contributed by atoms with Crippen LogP contribution in [-0.4, -0.2) is 22.2 Å². The summed E-state index contributed by atoms with van der Waals surface area (Å²) in [5.74, 6) is 1.15. The van der Waals surface area contributed by atoms with Gasteiger partial charge in [-0.1, -0.05) is 232 Å². The minimum Gasteiger partial charge on any atom is -0.510 e. The molecule has 13 aromatic rings. The summed E-state index contributed by atoms with van der Waals surface area (Å²) in [6.45, 7) is 6.35. The standard InChI is InChI=1S/C70H52N4OSi.Pt/c1-70(2,3)52-43-44-71-68(46-52)74-64-38-17-16-35-62(64)63-42-41-55(48-67(63)74)75-54-27-21-26-53(47-54)72-49-73(66-40-19-18-39-65(66)72)69-60(50-23-8-4-9-24-50)36-22-37-61(69)51-25-20-34-59(45-51)76(56-28-10-5-11-29-56,57-30-12-6-13-31-57)58-32-14-7-15-33-58;/h4-46H,1-3H3;/q-2;/i4D,5D,6D,7D,8D,9D,10D,11D,12D,13D,14D,15D,20D,23D,24D,25D,28D,29D,30D,31D,32D,33D,34D,45D;. The van der Waals surface area contributed by atoms with E-state index in [0.717, 1.165) is 21.9 Å². The maximum Gasteiger partial charge on any atom is 0.268 e. The fourth-order valence-electron chi connectivity index (χ4n) is 9.63. The Bertz CT molecular complexity index is 5450. The molecule has 77 heavy (non-hydrogen) atoms. The normalized spacial score (nSPS) is 16.1. The van der Waals surface area contributed by atoms with Gasteiger partial charge >= 0.3 is 0 Å². The van der Waals surface area contributed by atoms with E-state index in [4.69, 9.17) is 26.2 Å². The second kappa shape index (κ2) is 20.5. The van der Waals surface area contributed by atoms with Gasteiger partial charge in [0.2, 0.25) is 0 Å².